The predicted octanol–water partition coefficient (Wildman–Crippen LogP) is 3.18. The second-order valence-electron chi connectivity index (χ2n) is 5.20. The van der Waals surface area contributed by atoms with Crippen LogP contribution in [0.2, 0.25) is 0 Å². The molecular formula is C15H24N2. The van der Waals surface area contributed by atoms with E-state index >= 15 is 0 Å². The first-order valence-corrected chi connectivity index (χ1v) is 7.00. The molecule has 1 aromatic rings. The van der Waals surface area contributed by atoms with Crippen LogP contribution in [0.1, 0.15) is 44.6 Å². The van der Waals surface area contributed by atoms with Gasteiger partial charge in [-0.1, -0.05) is 32.3 Å². The molecule has 1 saturated carbocycles. The number of hydrogen-bond acceptors (Lipinski definition) is 2. The maximum absolute atomic E-state index is 4.15. The molecule has 2 heteroatoms. The van der Waals surface area contributed by atoms with Crippen molar-refractivity contribution in [2.45, 2.75) is 51.5 Å². The first-order chi connectivity index (χ1) is 8.38. The van der Waals surface area contributed by atoms with Crippen LogP contribution in [0.5, 0.6) is 0 Å². The van der Waals surface area contributed by atoms with Crippen LogP contribution < -0.4 is 5.32 Å². The lowest BCUT2D eigenvalue weighted by Gasteiger charge is -2.29. The van der Waals surface area contributed by atoms with Crippen LogP contribution in [0.4, 0.5) is 0 Å². The summed E-state index contributed by atoms with van der Waals surface area (Å²) < 4.78 is 0. The molecule has 1 aromatic heterocycles. The quantitative estimate of drug-likeness (QED) is 0.843. The number of nitrogens with one attached hydrogen (secondary N) is 1. The predicted molar refractivity (Wildman–Crippen MR) is 72.0 cm³/mol. The number of rotatable bonds is 5. The van der Waals surface area contributed by atoms with Gasteiger partial charge < -0.3 is 5.32 Å². The molecule has 17 heavy (non-hydrogen) atoms. The summed E-state index contributed by atoms with van der Waals surface area (Å²) in [4.78, 5) is 4.15. The van der Waals surface area contributed by atoms with Gasteiger partial charge in [0, 0.05) is 18.4 Å². The Labute approximate surface area is 105 Å². The number of hydrogen-bond donors (Lipinski definition) is 1. The molecule has 2 nitrogen and oxygen atoms in total. The molecule has 0 spiro atoms. The van der Waals surface area contributed by atoms with Crippen LogP contribution in [0.15, 0.2) is 24.5 Å². The van der Waals surface area contributed by atoms with Crippen LogP contribution in [-0.2, 0) is 6.42 Å². The SMILES string of the molecule is CC[C@H]1CCC[C@@H](NCCc2cccnc2)C1. The minimum absolute atomic E-state index is 0.755. The summed E-state index contributed by atoms with van der Waals surface area (Å²) in [5.41, 5.74) is 1.34. The van der Waals surface area contributed by atoms with Crippen LogP contribution in [0, 0.1) is 5.92 Å². The van der Waals surface area contributed by atoms with Crippen molar-refractivity contribution < 1.29 is 0 Å². The molecule has 0 bridgehead atoms. The van der Waals surface area contributed by atoms with Gasteiger partial charge >= 0.3 is 0 Å². The van der Waals surface area contributed by atoms with Crippen molar-refractivity contribution in [1.82, 2.24) is 10.3 Å². The average molecular weight is 232 g/mol. The normalized spacial score (nSPS) is 24.8. The molecule has 0 saturated heterocycles. The topological polar surface area (TPSA) is 24.9 Å². The van der Waals surface area contributed by atoms with Crippen molar-refractivity contribution in [1.29, 1.82) is 0 Å². The zero-order valence-corrected chi connectivity index (χ0v) is 10.9. The maximum Gasteiger partial charge on any atom is 0.0300 e. The van der Waals surface area contributed by atoms with E-state index in [9.17, 15) is 0 Å². The van der Waals surface area contributed by atoms with Crippen molar-refractivity contribution in [2.24, 2.45) is 5.92 Å². The molecule has 1 N–H and O–H groups in total. The fourth-order valence-corrected chi connectivity index (χ4v) is 2.81. The van der Waals surface area contributed by atoms with E-state index in [1.807, 2.05) is 18.5 Å². The summed E-state index contributed by atoms with van der Waals surface area (Å²) in [6.45, 7) is 3.41. The zero-order chi connectivity index (χ0) is 11.9. The Morgan fingerprint density at radius 3 is 3.12 bits per heavy atom. The molecule has 0 aliphatic heterocycles. The van der Waals surface area contributed by atoms with E-state index in [1.54, 1.807) is 0 Å². The van der Waals surface area contributed by atoms with E-state index in [0.717, 1.165) is 24.9 Å². The Hall–Kier alpha value is -0.890. The molecule has 2 rings (SSSR count). The van der Waals surface area contributed by atoms with E-state index in [0.29, 0.717) is 0 Å². The van der Waals surface area contributed by atoms with Crippen LogP contribution >= 0.6 is 0 Å². The van der Waals surface area contributed by atoms with Gasteiger partial charge in [0.05, 0.1) is 0 Å². The minimum Gasteiger partial charge on any atom is -0.314 e. The Bertz CT molecular complexity index is 310. The highest BCUT2D eigenvalue weighted by Gasteiger charge is 2.19. The molecule has 1 heterocycles. The molecule has 1 aliphatic rings. The van der Waals surface area contributed by atoms with Crippen molar-refractivity contribution in [3.05, 3.63) is 30.1 Å². The second kappa shape index (κ2) is 6.75. The standard InChI is InChI=1S/C15H24N2/c1-2-13-5-3-7-15(11-13)17-10-8-14-6-4-9-16-12-14/h4,6,9,12-13,15,17H,2-3,5,7-8,10-11H2,1H3/t13-,15+/m0/s1. The summed E-state index contributed by atoms with van der Waals surface area (Å²) >= 11 is 0. The molecule has 1 aliphatic carbocycles. The van der Waals surface area contributed by atoms with Gasteiger partial charge in [0.25, 0.3) is 0 Å². The van der Waals surface area contributed by atoms with Gasteiger partial charge in [-0.3, -0.25) is 4.98 Å². The summed E-state index contributed by atoms with van der Waals surface area (Å²) in [5.74, 6) is 0.958. The highest BCUT2D eigenvalue weighted by molar-refractivity contribution is 5.08. The van der Waals surface area contributed by atoms with E-state index in [2.05, 4.69) is 23.3 Å². The van der Waals surface area contributed by atoms with Crippen LogP contribution in [0.3, 0.4) is 0 Å². The zero-order valence-electron chi connectivity index (χ0n) is 10.9. The third kappa shape index (κ3) is 4.12. The van der Waals surface area contributed by atoms with Crippen LogP contribution in [-0.4, -0.2) is 17.6 Å². The smallest absolute Gasteiger partial charge is 0.0300 e. The van der Waals surface area contributed by atoms with E-state index in [-0.39, 0.29) is 0 Å². The van der Waals surface area contributed by atoms with Crippen molar-refractivity contribution in [2.75, 3.05) is 6.54 Å². The largest absolute Gasteiger partial charge is 0.314 e. The number of nitrogens with zero attached hydrogens (tertiary/aromatic N) is 1. The van der Waals surface area contributed by atoms with Gasteiger partial charge in [-0.05, 0) is 43.4 Å². The van der Waals surface area contributed by atoms with E-state index < -0.39 is 0 Å². The van der Waals surface area contributed by atoms with E-state index in [1.165, 1.54) is 37.7 Å². The Morgan fingerprint density at radius 2 is 2.35 bits per heavy atom. The molecular weight excluding hydrogens is 208 g/mol. The summed E-state index contributed by atoms with van der Waals surface area (Å²) in [5, 5.41) is 3.71. The van der Waals surface area contributed by atoms with Gasteiger partial charge in [0.15, 0.2) is 0 Å². The first-order valence-electron chi connectivity index (χ1n) is 7.00. The minimum atomic E-state index is 0.755. The fraction of sp³-hybridized carbons (Fsp3) is 0.667. The van der Waals surface area contributed by atoms with Gasteiger partial charge in [0.2, 0.25) is 0 Å². The highest BCUT2D eigenvalue weighted by Crippen LogP contribution is 2.26. The highest BCUT2D eigenvalue weighted by atomic mass is 14.9. The van der Waals surface area contributed by atoms with Gasteiger partial charge in [0.1, 0.15) is 0 Å². The molecule has 0 amide bonds. The third-order valence-electron chi connectivity index (χ3n) is 3.93. The Morgan fingerprint density at radius 1 is 1.41 bits per heavy atom. The Kier molecular flexibility index (Phi) is 4.99. The van der Waals surface area contributed by atoms with Gasteiger partial charge in [-0.2, -0.15) is 0 Å². The van der Waals surface area contributed by atoms with Crippen molar-refractivity contribution >= 4 is 0 Å². The van der Waals surface area contributed by atoms with Crippen molar-refractivity contribution in [3.8, 4) is 0 Å². The van der Waals surface area contributed by atoms with Gasteiger partial charge in [-0.25, -0.2) is 0 Å². The molecule has 2 atom stereocenters. The summed E-state index contributed by atoms with van der Waals surface area (Å²) in [6, 6.07) is 4.93. The molecule has 1 fully saturated rings. The molecule has 0 aromatic carbocycles. The fourth-order valence-electron chi connectivity index (χ4n) is 2.81. The second-order valence-corrected chi connectivity index (χ2v) is 5.20. The summed E-state index contributed by atoms with van der Waals surface area (Å²) in [6.07, 6.45) is 11.8. The lowest BCUT2D eigenvalue weighted by Crippen LogP contribution is -2.35. The lowest BCUT2D eigenvalue weighted by atomic mass is 9.84. The Balaban J connectivity index is 1.68. The lowest BCUT2D eigenvalue weighted by molar-refractivity contribution is 0.280. The molecule has 0 unspecified atom stereocenters. The van der Waals surface area contributed by atoms with Crippen molar-refractivity contribution in [3.63, 3.8) is 0 Å². The maximum atomic E-state index is 4.15. The van der Waals surface area contributed by atoms with Crippen LogP contribution in [0.25, 0.3) is 0 Å². The number of aromatic nitrogens is 1. The third-order valence-corrected chi connectivity index (χ3v) is 3.93. The monoisotopic (exact) mass is 232 g/mol. The molecule has 94 valence electrons. The number of pyridine rings is 1. The first kappa shape index (κ1) is 12.6. The van der Waals surface area contributed by atoms with Gasteiger partial charge in [-0.15, -0.1) is 0 Å². The summed E-state index contributed by atoms with van der Waals surface area (Å²) in [7, 11) is 0. The molecule has 0 radical (unpaired) electrons. The van der Waals surface area contributed by atoms with E-state index in [4.69, 9.17) is 0 Å². The average Bonchev–Trinajstić information content (AvgIpc) is 2.40.